The zero-order chi connectivity index (χ0) is 19.6. The van der Waals surface area contributed by atoms with Crippen LogP contribution in [0.2, 0.25) is 39.3 Å². The van der Waals surface area contributed by atoms with Crippen molar-refractivity contribution < 1.29 is 4.11 Å². The minimum absolute atomic E-state index is 0.164. The molecule has 0 aliphatic rings. The number of nitrogens with one attached hydrogen (secondary N) is 1. The molecule has 0 saturated heterocycles. The first-order valence-electron chi connectivity index (χ1n) is 9.32. The average Bonchev–Trinajstić information content (AvgIpc) is 2.34. The highest BCUT2D eigenvalue weighted by Crippen LogP contribution is 2.33. The van der Waals surface area contributed by atoms with Crippen LogP contribution in [0.25, 0.3) is 0 Å². The molecule has 0 unspecified atom stereocenters. The lowest BCUT2D eigenvalue weighted by molar-refractivity contribution is 0.357. The van der Waals surface area contributed by atoms with Crippen molar-refractivity contribution in [3.05, 3.63) is 30.3 Å². The van der Waals surface area contributed by atoms with E-state index in [4.69, 9.17) is 0 Å². The molecule has 0 aliphatic heterocycles. The summed E-state index contributed by atoms with van der Waals surface area (Å²) in [5.74, 6) is 0. The third-order valence-corrected chi connectivity index (χ3v) is 16.8. The summed E-state index contributed by atoms with van der Waals surface area (Å²) in [7, 11) is -7.38. The van der Waals surface area contributed by atoms with Crippen LogP contribution in [-0.2, 0) is 0 Å². The van der Waals surface area contributed by atoms with Crippen LogP contribution in [0.3, 0.4) is 0 Å². The molecule has 1 N–H and O–H groups in total. The van der Waals surface area contributed by atoms with Crippen molar-refractivity contribution in [3.8, 4) is 0 Å². The van der Waals surface area contributed by atoms with E-state index in [-0.39, 0.29) is 12.1 Å². The van der Waals surface area contributed by atoms with Gasteiger partial charge in [0.05, 0.1) is 0 Å². The molecule has 0 bridgehead atoms. The molecule has 144 valence electrons. The van der Waals surface area contributed by atoms with E-state index in [1.807, 2.05) is 30.3 Å². The summed E-state index contributed by atoms with van der Waals surface area (Å²) in [5.41, 5.74) is 0.879. The third-order valence-electron chi connectivity index (χ3n) is 4.19. The minimum atomic E-state index is -3.61. The normalized spacial score (nSPS) is 14.0. The summed E-state index contributed by atoms with van der Waals surface area (Å²) in [4.78, 5) is 3.42. The Morgan fingerprint density at radius 1 is 0.760 bits per heavy atom. The van der Waals surface area contributed by atoms with Crippen LogP contribution < -0.4 is 4.98 Å². The fourth-order valence-electron chi connectivity index (χ4n) is 4.06. The van der Waals surface area contributed by atoms with Crippen molar-refractivity contribution in [1.29, 1.82) is 0 Å². The van der Waals surface area contributed by atoms with E-state index >= 15 is 4.11 Å². The third kappa shape index (κ3) is 5.50. The number of hydrogen-bond donors (Lipinski definition) is 1. The maximum atomic E-state index is 17.2. The number of nitrogens with zero attached hydrogens (tertiary/aromatic N) is 2. The van der Waals surface area contributed by atoms with E-state index in [0.717, 1.165) is 5.69 Å². The second-order valence-electron chi connectivity index (χ2n) is 9.35. The van der Waals surface area contributed by atoms with Crippen molar-refractivity contribution in [2.24, 2.45) is 0 Å². The summed E-state index contributed by atoms with van der Waals surface area (Å²) in [6.07, 6.45) is 0. The molecule has 3 nitrogen and oxygen atoms in total. The van der Waals surface area contributed by atoms with Crippen molar-refractivity contribution in [1.82, 2.24) is 8.46 Å². The molecule has 1 aromatic rings. The predicted molar refractivity (Wildman–Crippen MR) is 118 cm³/mol. The molecule has 0 aliphatic carbocycles. The first-order valence-corrected chi connectivity index (χ1v) is 18.0. The average molecular weight is 400 g/mol. The van der Waals surface area contributed by atoms with E-state index in [2.05, 4.69) is 80.4 Å². The van der Waals surface area contributed by atoms with Crippen molar-refractivity contribution in [2.45, 2.75) is 79.1 Å². The van der Waals surface area contributed by atoms with Gasteiger partial charge in [-0.3, -0.25) is 8.46 Å². The van der Waals surface area contributed by atoms with Gasteiger partial charge >= 0.3 is 8.89 Å². The molecule has 0 spiro atoms. The monoisotopic (exact) mass is 399 g/mol. The number of halogens is 1. The fraction of sp³-hybridized carbons (Fsp3) is 0.667. The first-order chi connectivity index (χ1) is 11.2. The Bertz CT molecular complexity index is 513. The lowest BCUT2D eigenvalue weighted by atomic mass is 10.3. The van der Waals surface area contributed by atoms with Gasteiger partial charge in [-0.15, -0.1) is 0 Å². The highest BCUT2D eigenvalue weighted by Gasteiger charge is 2.58. The molecule has 0 radical (unpaired) electrons. The van der Waals surface area contributed by atoms with Gasteiger partial charge in [0.2, 0.25) is 0 Å². The molecule has 0 heterocycles. The Morgan fingerprint density at radius 3 is 1.40 bits per heavy atom. The molecule has 0 aromatic heterocycles. The van der Waals surface area contributed by atoms with Gasteiger partial charge in [0.25, 0.3) is 0 Å². The van der Waals surface area contributed by atoms with Gasteiger partial charge in [-0.2, -0.15) is 0 Å². The van der Waals surface area contributed by atoms with Gasteiger partial charge in [0.1, 0.15) is 16.5 Å². The van der Waals surface area contributed by atoms with Gasteiger partial charge in [-0.1, -0.05) is 85.2 Å². The summed E-state index contributed by atoms with van der Waals surface area (Å²) >= 11 is 0. The molecule has 0 atom stereocenters. The lowest BCUT2D eigenvalue weighted by Crippen LogP contribution is -2.80. The van der Waals surface area contributed by atoms with E-state index in [0.29, 0.717) is 0 Å². The molecule has 1 aromatic carbocycles. The molecular weight excluding hydrogens is 361 g/mol. The minimum Gasteiger partial charge on any atom is -0.362 e. The smallest absolute Gasteiger partial charge is 0.362 e. The van der Waals surface area contributed by atoms with Crippen LogP contribution in [0.1, 0.15) is 27.7 Å². The van der Waals surface area contributed by atoms with Crippen LogP contribution in [0.15, 0.2) is 30.3 Å². The number of para-hydroxylation sites is 1. The largest absolute Gasteiger partial charge is 0.504 e. The van der Waals surface area contributed by atoms with Crippen LogP contribution in [0.4, 0.5) is 9.80 Å². The van der Waals surface area contributed by atoms with Crippen molar-refractivity contribution in [3.63, 3.8) is 0 Å². The number of anilines is 1. The molecule has 1 rings (SSSR count). The lowest BCUT2D eigenvalue weighted by Gasteiger charge is -2.54. The standard InChI is InChI=1S/C18H38FN3Si3/c1-16(2)21(23(5,6)7)25(19,20-18-14-12-11-13-15-18)22(17(3)4)24(8,9)10/h11-17,20H,1-10H3. The quantitative estimate of drug-likeness (QED) is 0.454. The Morgan fingerprint density at radius 2 is 1.12 bits per heavy atom. The summed E-state index contributed by atoms with van der Waals surface area (Å²) in [5, 5.41) is 0. The predicted octanol–water partition coefficient (Wildman–Crippen LogP) is 5.59. The number of hydrogen-bond acceptors (Lipinski definition) is 3. The van der Waals surface area contributed by atoms with Crippen LogP contribution >= 0.6 is 0 Å². The van der Waals surface area contributed by atoms with Gasteiger partial charge in [0, 0.05) is 5.69 Å². The highest BCUT2D eigenvalue weighted by atomic mass is 28.5. The van der Waals surface area contributed by atoms with E-state index in [9.17, 15) is 0 Å². The van der Waals surface area contributed by atoms with E-state index in [1.54, 1.807) is 0 Å². The second-order valence-corrected chi connectivity index (χ2v) is 22.3. The second kappa shape index (κ2) is 8.04. The number of benzene rings is 1. The van der Waals surface area contributed by atoms with Gasteiger partial charge < -0.3 is 4.98 Å². The summed E-state index contributed by atoms with van der Waals surface area (Å²) in [6, 6.07) is 10.2. The molecule has 0 amide bonds. The molecule has 0 saturated carbocycles. The Kier molecular flexibility index (Phi) is 7.26. The Labute approximate surface area is 158 Å². The zero-order valence-electron chi connectivity index (χ0n) is 17.8. The topological polar surface area (TPSA) is 18.5 Å². The highest BCUT2D eigenvalue weighted by molar-refractivity contribution is 6.95. The summed E-state index contributed by atoms with van der Waals surface area (Å²) < 4.78 is 21.7. The molecule has 0 fully saturated rings. The van der Waals surface area contributed by atoms with Crippen LogP contribution in [-0.4, -0.2) is 45.9 Å². The van der Waals surface area contributed by atoms with Gasteiger partial charge in [-0.05, 0) is 24.2 Å². The Balaban J connectivity index is 3.58. The van der Waals surface area contributed by atoms with Gasteiger partial charge in [0.15, 0.2) is 0 Å². The van der Waals surface area contributed by atoms with Gasteiger partial charge in [-0.25, -0.2) is 4.11 Å². The van der Waals surface area contributed by atoms with E-state index < -0.39 is 25.4 Å². The van der Waals surface area contributed by atoms with E-state index in [1.165, 1.54) is 0 Å². The first kappa shape index (κ1) is 22.6. The zero-order valence-corrected chi connectivity index (χ0v) is 20.8. The Hall–Kier alpha value is -0.479. The summed E-state index contributed by atoms with van der Waals surface area (Å²) in [6.45, 7) is 22.1. The fourth-order valence-corrected chi connectivity index (χ4v) is 17.9. The van der Waals surface area contributed by atoms with Crippen LogP contribution in [0.5, 0.6) is 0 Å². The molecule has 7 heteroatoms. The SMILES string of the molecule is CC(C)N([Si](C)(C)C)[Si](F)(Nc1ccccc1)N(C(C)C)[Si](C)(C)C. The van der Waals surface area contributed by atoms with Crippen molar-refractivity contribution in [2.75, 3.05) is 4.98 Å². The van der Waals surface area contributed by atoms with Crippen LogP contribution in [0, 0.1) is 0 Å². The molecular formula is C18H38FN3Si3. The van der Waals surface area contributed by atoms with Crippen molar-refractivity contribution >= 4 is 31.1 Å². The number of rotatable bonds is 8. The molecule has 25 heavy (non-hydrogen) atoms. The maximum Gasteiger partial charge on any atom is 0.504 e. The maximum absolute atomic E-state index is 17.2.